The summed E-state index contributed by atoms with van der Waals surface area (Å²) in [4.78, 5) is 2.23. The molecule has 1 fully saturated rings. The fraction of sp³-hybridized carbons (Fsp3) is 0.538. The van der Waals surface area contributed by atoms with Crippen LogP contribution in [0.15, 0.2) is 18.2 Å². The monoisotopic (exact) mass is 254 g/mol. The Hall–Kier alpha value is -0.930. The van der Waals surface area contributed by atoms with Crippen LogP contribution in [-0.2, 0) is 0 Å². The van der Waals surface area contributed by atoms with Crippen molar-refractivity contribution in [3.8, 4) is 0 Å². The van der Waals surface area contributed by atoms with Crippen molar-refractivity contribution in [1.82, 2.24) is 0 Å². The first-order valence-corrected chi connectivity index (χ1v) is 6.38. The Morgan fingerprint density at radius 3 is 2.82 bits per heavy atom. The first-order chi connectivity index (χ1) is 7.98. The summed E-state index contributed by atoms with van der Waals surface area (Å²) in [5.41, 5.74) is 6.84. The van der Waals surface area contributed by atoms with E-state index < -0.39 is 5.60 Å². The van der Waals surface area contributed by atoms with Crippen molar-refractivity contribution in [2.75, 3.05) is 23.7 Å². The molecule has 0 saturated carbocycles. The number of hydrogen-bond donors (Lipinski definition) is 2. The minimum atomic E-state index is -0.547. The minimum absolute atomic E-state index is 0.547. The van der Waals surface area contributed by atoms with Gasteiger partial charge in [-0.3, -0.25) is 0 Å². The summed E-state index contributed by atoms with van der Waals surface area (Å²) < 4.78 is 0. The second-order valence-electron chi connectivity index (χ2n) is 5.05. The highest BCUT2D eigenvalue weighted by Gasteiger charge is 2.25. The fourth-order valence-electron chi connectivity index (χ4n) is 2.28. The van der Waals surface area contributed by atoms with Crippen LogP contribution in [0.2, 0.25) is 5.02 Å². The summed E-state index contributed by atoms with van der Waals surface area (Å²) in [7, 11) is 0. The van der Waals surface area contributed by atoms with Crippen molar-refractivity contribution in [2.24, 2.45) is 0 Å². The van der Waals surface area contributed by atoms with Crippen LogP contribution in [0.5, 0.6) is 0 Å². The maximum absolute atomic E-state index is 10.1. The van der Waals surface area contributed by atoms with Crippen LogP contribution in [0, 0.1) is 0 Å². The highest BCUT2D eigenvalue weighted by Crippen LogP contribution is 2.31. The fourth-order valence-corrected chi connectivity index (χ4v) is 2.59. The van der Waals surface area contributed by atoms with Gasteiger partial charge in [0, 0.05) is 18.8 Å². The lowest BCUT2D eigenvalue weighted by Gasteiger charge is -2.25. The van der Waals surface area contributed by atoms with Crippen LogP contribution >= 0.6 is 11.6 Å². The van der Waals surface area contributed by atoms with E-state index in [0.717, 1.165) is 38.0 Å². The predicted molar refractivity (Wildman–Crippen MR) is 72.6 cm³/mol. The van der Waals surface area contributed by atoms with Gasteiger partial charge in [-0.2, -0.15) is 0 Å². The zero-order valence-electron chi connectivity index (χ0n) is 10.1. The molecule has 1 aromatic carbocycles. The number of nitrogens with zero attached hydrogens (tertiary/aromatic N) is 1. The Kier molecular flexibility index (Phi) is 3.50. The highest BCUT2D eigenvalue weighted by molar-refractivity contribution is 6.33. The molecule has 4 heteroatoms. The summed E-state index contributed by atoms with van der Waals surface area (Å²) in [5.74, 6) is 0. The summed E-state index contributed by atoms with van der Waals surface area (Å²) in [6.45, 7) is 3.66. The van der Waals surface area contributed by atoms with Gasteiger partial charge in [0.05, 0.1) is 16.3 Å². The highest BCUT2D eigenvalue weighted by atomic mass is 35.5. The molecule has 0 radical (unpaired) electrons. The first kappa shape index (κ1) is 12.5. The lowest BCUT2D eigenvalue weighted by molar-refractivity contribution is 0.0481. The number of nitrogens with two attached hydrogens (primary N) is 1. The molecular weight excluding hydrogens is 236 g/mol. The quantitative estimate of drug-likeness (QED) is 0.758. The third-order valence-corrected chi connectivity index (χ3v) is 3.68. The van der Waals surface area contributed by atoms with Gasteiger partial charge in [0.15, 0.2) is 0 Å². The van der Waals surface area contributed by atoms with E-state index in [1.807, 2.05) is 19.1 Å². The third kappa shape index (κ3) is 3.05. The van der Waals surface area contributed by atoms with E-state index in [1.165, 1.54) is 0 Å². The van der Waals surface area contributed by atoms with E-state index in [4.69, 9.17) is 17.3 Å². The van der Waals surface area contributed by atoms with Gasteiger partial charge in [0.1, 0.15) is 0 Å². The van der Waals surface area contributed by atoms with Crippen molar-refractivity contribution < 1.29 is 5.11 Å². The number of benzene rings is 1. The molecule has 0 aromatic heterocycles. The Morgan fingerprint density at radius 2 is 2.12 bits per heavy atom. The molecule has 3 N–H and O–H groups in total. The van der Waals surface area contributed by atoms with Crippen LogP contribution in [0.3, 0.4) is 0 Å². The maximum Gasteiger partial charge on any atom is 0.0660 e. The Bertz CT molecular complexity index is 406. The van der Waals surface area contributed by atoms with Crippen LogP contribution in [0.4, 0.5) is 11.4 Å². The number of halogens is 1. The smallest absolute Gasteiger partial charge is 0.0660 e. The van der Waals surface area contributed by atoms with Gasteiger partial charge in [-0.1, -0.05) is 11.6 Å². The lowest BCUT2D eigenvalue weighted by Crippen LogP contribution is -2.28. The molecule has 3 nitrogen and oxygen atoms in total. The topological polar surface area (TPSA) is 49.5 Å². The van der Waals surface area contributed by atoms with E-state index in [1.54, 1.807) is 6.07 Å². The molecule has 1 atom stereocenters. The number of aliphatic hydroxyl groups is 1. The molecule has 1 saturated heterocycles. The average Bonchev–Trinajstić information content (AvgIpc) is 2.40. The number of rotatable bonds is 1. The molecule has 0 aliphatic carbocycles. The number of hydrogen-bond acceptors (Lipinski definition) is 3. The van der Waals surface area contributed by atoms with Crippen LogP contribution in [-0.4, -0.2) is 23.8 Å². The van der Waals surface area contributed by atoms with Crippen LogP contribution in [0.25, 0.3) is 0 Å². The molecule has 94 valence electrons. The van der Waals surface area contributed by atoms with E-state index in [-0.39, 0.29) is 0 Å². The Labute approximate surface area is 107 Å². The zero-order chi connectivity index (χ0) is 12.5. The summed E-state index contributed by atoms with van der Waals surface area (Å²) >= 11 is 6.20. The van der Waals surface area contributed by atoms with Crippen LogP contribution < -0.4 is 10.6 Å². The molecule has 0 bridgehead atoms. The Morgan fingerprint density at radius 1 is 1.35 bits per heavy atom. The molecule has 0 amide bonds. The normalized spacial score (nSPS) is 25.7. The van der Waals surface area contributed by atoms with Gasteiger partial charge in [0.25, 0.3) is 0 Å². The molecular formula is C13H19ClN2O. The van der Waals surface area contributed by atoms with E-state index in [2.05, 4.69) is 4.90 Å². The maximum atomic E-state index is 10.1. The third-order valence-electron chi connectivity index (χ3n) is 3.38. The number of nitrogen functional groups attached to an aromatic ring is 1. The molecule has 1 aromatic rings. The summed E-state index contributed by atoms with van der Waals surface area (Å²) in [5, 5.41) is 10.7. The van der Waals surface area contributed by atoms with Crippen molar-refractivity contribution in [3.63, 3.8) is 0 Å². The zero-order valence-corrected chi connectivity index (χ0v) is 10.9. The largest absolute Gasteiger partial charge is 0.399 e. The molecule has 1 heterocycles. The molecule has 1 unspecified atom stereocenters. The summed E-state index contributed by atoms with van der Waals surface area (Å²) in [6, 6.07) is 5.60. The standard InChI is InChI=1S/C13H19ClN2O/c1-13(17)5-2-7-16(8-6-13)12-4-3-10(15)9-11(12)14/h3-4,9,17H,2,5-8,15H2,1H3. The average molecular weight is 255 g/mol. The second-order valence-corrected chi connectivity index (χ2v) is 5.46. The minimum Gasteiger partial charge on any atom is -0.399 e. The Balaban J connectivity index is 2.17. The van der Waals surface area contributed by atoms with E-state index in [9.17, 15) is 5.11 Å². The molecule has 0 spiro atoms. The molecule has 1 aliphatic rings. The van der Waals surface area contributed by atoms with Gasteiger partial charge in [-0.25, -0.2) is 0 Å². The first-order valence-electron chi connectivity index (χ1n) is 6.00. The summed E-state index contributed by atoms with van der Waals surface area (Å²) in [6.07, 6.45) is 2.59. The SMILES string of the molecule is CC1(O)CCCN(c2ccc(N)cc2Cl)CC1. The van der Waals surface area contributed by atoms with Gasteiger partial charge in [-0.15, -0.1) is 0 Å². The van der Waals surface area contributed by atoms with E-state index in [0.29, 0.717) is 10.7 Å². The molecule has 1 aliphatic heterocycles. The van der Waals surface area contributed by atoms with Crippen molar-refractivity contribution in [1.29, 1.82) is 0 Å². The van der Waals surface area contributed by atoms with E-state index >= 15 is 0 Å². The van der Waals surface area contributed by atoms with Crippen LogP contribution in [0.1, 0.15) is 26.2 Å². The van der Waals surface area contributed by atoms with Gasteiger partial charge >= 0.3 is 0 Å². The predicted octanol–water partition coefficient (Wildman–Crippen LogP) is 2.66. The molecule has 2 rings (SSSR count). The van der Waals surface area contributed by atoms with Crippen molar-refractivity contribution in [2.45, 2.75) is 31.8 Å². The lowest BCUT2D eigenvalue weighted by atomic mass is 9.98. The van der Waals surface area contributed by atoms with Gasteiger partial charge in [0.2, 0.25) is 0 Å². The van der Waals surface area contributed by atoms with Crippen molar-refractivity contribution >= 4 is 23.0 Å². The number of anilines is 2. The van der Waals surface area contributed by atoms with Gasteiger partial charge < -0.3 is 15.7 Å². The molecule has 17 heavy (non-hydrogen) atoms. The van der Waals surface area contributed by atoms with Crippen molar-refractivity contribution in [3.05, 3.63) is 23.2 Å². The second kappa shape index (κ2) is 4.75. The van der Waals surface area contributed by atoms with Gasteiger partial charge in [-0.05, 0) is 44.4 Å².